The fourth-order valence-corrected chi connectivity index (χ4v) is 1.53. The number of aromatic nitrogens is 1. The van der Waals surface area contributed by atoms with Gasteiger partial charge in [0, 0.05) is 30.7 Å². The molecule has 13 heavy (non-hydrogen) atoms. The summed E-state index contributed by atoms with van der Waals surface area (Å²) in [6.45, 7) is 0.768. The van der Waals surface area contributed by atoms with Crippen LogP contribution in [-0.2, 0) is 6.54 Å². The van der Waals surface area contributed by atoms with Gasteiger partial charge in [0.15, 0.2) is 0 Å². The molecular formula is C10H13N3. The van der Waals surface area contributed by atoms with Crippen molar-refractivity contribution in [3.8, 4) is 0 Å². The van der Waals surface area contributed by atoms with E-state index in [9.17, 15) is 0 Å². The fourth-order valence-electron chi connectivity index (χ4n) is 1.53. The monoisotopic (exact) mass is 175 g/mol. The Kier molecular flexibility index (Phi) is 2.04. The Morgan fingerprint density at radius 3 is 2.92 bits per heavy atom. The van der Waals surface area contributed by atoms with Crippen molar-refractivity contribution in [1.82, 2.24) is 9.99 Å². The van der Waals surface area contributed by atoms with Crippen LogP contribution in [0.5, 0.6) is 0 Å². The standard InChI is InChI=1S/C10H13N3/c1-13(11)7-8-6-12-10-5-3-2-4-9(8)10/h2-6,12H,7,11H2,1H3. The smallest absolute Gasteiger partial charge is 0.0457 e. The summed E-state index contributed by atoms with van der Waals surface area (Å²) >= 11 is 0. The van der Waals surface area contributed by atoms with Crippen molar-refractivity contribution in [2.45, 2.75) is 6.54 Å². The van der Waals surface area contributed by atoms with Crippen LogP contribution in [-0.4, -0.2) is 17.0 Å². The third-order valence-electron chi connectivity index (χ3n) is 2.09. The summed E-state index contributed by atoms with van der Waals surface area (Å²) in [7, 11) is 1.86. The van der Waals surface area contributed by atoms with E-state index >= 15 is 0 Å². The molecule has 1 aromatic carbocycles. The first kappa shape index (κ1) is 8.29. The number of nitrogens with one attached hydrogen (secondary N) is 1. The Morgan fingerprint density at radius 2 is 2.15 bits per heavy atom. The Labute approximate surface area is 77.1 Å². The van der Waals surface area contributed by atoms with E-state index in [2.05, 4.69) is 17.1 Å². The molecule has 0 aliphatic heterocycles. The first-order valence-electron chi connectivity index (χ1n) is 4.28. The first-order chi connectivity index (χ1) is 6.27. The van der Waals surface area contributed by atoms with Gasteiger partial charge in [0.1, 0.15) is 0 Å². The van der Waals surface area contributed by atoms with E-state index in [0.29, 0.717) is 0 Å². The molecule has 0 fully saturated rings. The van der Waals surface area contributed by atoms with Crippen molar-refractivity contribution in [1.29, 1.82) is 0 Å². The number of hydrogen-bond donors (Lipinski definition) is 2. The third-order valence-corrected chi connectivity index (χ3v) is 2.09. The van der Waals surface area contributed by atoms with E-state index in [1.54, 1.807) is 5.01 Å². The number of benzene rings is 1. The van der Waals surface area contributed by atoms with Crippen LogP contribution in [0.2, 0.25) is 0 Å². The van der Waals surface area contributed by atoms with Crippen molar-refractivity contribution < 1.29 is 0 Å². The molecule has 0 aliphatic carbocycles. The highest BCUT2D eigenvalue weighted by atomic mass is 15.4. The maximum absolute atomic E-state index is 5.59. The Bertz CT molecular complexity index is 403. The highest BCUT2D eigenvalue weighted by Gasteiger charge is 2.02. The number of fused-ring (bicyclic) bond motifs is 1. The minimum absolute atomic E-state index is 0.768. The molecule has 0 spiro atoms. The highest BCUT2D eigenvalue weighted by Crippen LogP contribution is 2.17. The Morgan fingerprint density at radius 1 is 1.38 bits per heavy atom. The second kappa shape index (κ2) is 3.20. The van der Waals surface area contributed by atoms with Gasteiger partial charge in [-0.1, -0.05) is 18.2 Å². The van der Waals surface area contributed by atoms with Crippen LogP contribution in [0, 0.1) is 0 Å². The quantitative estimate of drug-likeness (QED) is 0.536. The van der Waals surface area contributed by atoms with E-state index in [4.69, 9.17) is 5.84 Å². The molecule has 68 valence electrons. The minimum Gasteiger partial charge on any atom is -0.361 e. The molecule has 0 unspecified atom stereocenters. The van der Waals surface area contributed by atoms with Gasteiger partial charge in [0.25, 0.3) is 0 Å². The summed E-state index contributed by atoms with van der Waals surface area (Å²) in [5.41, 5.74) is 2.40. The minimum atomic E-state index is 0.768. The molecular weight excluding hydrogens is 162 g/mol. The Hall–Kier alpha value is -1.32. The van der Waals surface area contributed by atoms with Gasteiger partial charge in [-0.05, 0) is 11.6 Å². The van der Waals surface area contributed by atoms with E-state index in [1.807, 2.05) is 25.4 Å². The third kappa shape index (κ3) is 1.56. The Balaban J connectivity index is 2.46. The van der Waals surface area contributed by atoms with Crippen LogP contribution < -0.4 is 5.84 Å². The molecule has 0 amide bonds. The molecule has 3 N–H and O–H groups in total. The summed E-state index contributed by atoms with van der Waals surface area (Å²) in [6, 6.07) is 8.23. The molecule has 2 rings (SSSR count). The number of H-pyrrole nitrogens is 1. The van der Waals surface area contributed by atoms with Crippen LogP contribution >= 0.6 is 0 Å². The second-order valence-electron chi connectivity index (χ2n) is 3.27. The zero-order valence-corrected chi connectivity index (χ0v) is 7.62. The highest BCUT2D eigenvalue weighted by molar-refractivity contribution is 5.82. The fraction of sp³-hybridized carbons (Fsp3) is 0.200. The summed E-state index contributed by atoms with van der Waals surface area (Å²) in [5.74, 6) is 5.59. The summed E-state index contributed by atoms with van der Waals surface area (Å²) in [5, 5.41) is 2.93. The van der Waals surface area contributed by atoms with Crippen molar-refractivity contribution in [2.24, 2.45) is 5.84 Å². The SMILES string of the molecule is CN(N)Cc1c[nH]c2ccccc12. The molecule has 0 saturated heterocycles. The molecule has 0 radical (unpaired) electrons. The number of rotatable bonds is 2. The van der Waals surface area contributed by atoms with E-state index in [1.165, 1.54) is 16.5 Å². The number of nitrogens with two attached hydrogens (primary N) is 1. The van der Waals surface area contributed by atoms with Gasteiger partial charge in [-0.25, -0.2) is 5.01 Å². The van der Waals surface area contributed by atoms with Crippen molar-refractivity contribution in [3.63, 3.8) is 0 Å². The van der Waals surface area contributed by atoms with Crippen LogP contribution in [0.3, 0.4) is 0 Å². The lowest BCUT2D eigenvalue weighted by Gasteiger charge is -2.07. The van der Waals surface area contributed by atoms with E-state index in [-0.39, 0.29) is 0 Å². The molecule has 3 nitrogen and oxygen atoms in total. The average Bonchev–Trinajstić information content (AvgIpc) is 2.48. The number of aromatic amines is 1. The molecule has 2 aromatic rings. The molecule has 0 saturated carbocycles. The maximum atomic E-state index is 5.59. The first-order valence-corrected chi connectivity index (χ1v) is 4.28. The number of nitrogens with zero attached hydrogens (tertiary/aromatic N) is 1. The van der Waals surface area contributed by atoms with Gasteiger partial charge in [0.05, 0.1) is 0 Å². The topological polar surface area (TPSA) is 45.0 Å². The summed E-state index contributed by atoms with van der Waals surface area (Å²) < 4.78 is 0. The zero-order chi connectivity index (χ0) is 9.26. The molecule has 0 aliphatic rings. The number of hydrazine groups is 1. The van der Waals surface area contributed by atoms with Crippen LogP contribution in [0.1, 0.15) is 5.56 Å². The maximum Gasteiger partial charge on any atom is 0.0457 e. The zero-order valence-electron chi connectivity index (χ0n) is 7.62. The van der Waals surface area contributed by atoms with Gasteiger partial charge in [-0.3, -0.25) is 5.84 Å². The average molecular weight is 175 g/mol. The van der Waals surface area contributed by atoms with E-state index < -0.39 is 0 Å². The van der Waals surface area contributed by atoms with Gasteiger partial charge >= 0.3 is 0 Å². The van der Waals surface area contributed by atoms with Gasteiger partial charge < -0.3 is 4.98 Å². The molecule has 0 atom stereocenters. The predicted octanol–water partition coefficient (Wildman–Crippen LogP) is 1.47. The van der Waals surface area contributed by atoms with Crippen LogP contribution in [0.15, 0.2) is 30.5 Å². The summed E-state index contributed by atoms with van der Waals surface area (Å²) in [6.07, 6.45) is 2.01. The normalized spacial score (nSPS) is 11.3. The van der Waals surface area contributed by atoms with Crippen LogP contribution in [0.4, 0.5) is 0 Å². The van der Waals surface area contributed by atoms with Crippen LogP contribution in [0.25, 0.3) is 10.9 Å². The van der Waals surface area contributed by atoms with Crippen molar-refractivity contribution in [3.05, 3.63) is 36.0 Å². The lowest BCUT2D eigenvalue weighted by molar-refractivity contribution is 0.343. The van der Waals surface area contributed by atoms with Crippen molar-refractivity contribution >= 4 is 10.9 Å². The second-order valence-corrected chi connectivity index (χ2v) is 3.27. The lowest BCUT2D eigenvalue weighted by Crippen LogP contribution is -2.24. The van der Waals surface area contributed by atoms with Crippen molar-refractivity contribution in [2.75, 3.05) is 7.05 Å². The largest absolute Gasteiger partial charge is 0.361 e. The molecule has 1 heterocycles. The molecule has 3 heteroatoms. The lowest BCUT2D eigenvalue weighted by atomic mass is 10.2. The molecule has 0 bridgehead atoms. The summed E-state index contributed by atoms with van der Waals surface area (Å²) in [4.78, 5) is 3.21. The van der Waals surface area contributed by atoms with E-state index in [0.717, 1.165) is 6.54 Å². The van der Waals surface area contributed by atoms with Gasteiger partial charge in [0.2, 0.25) is 0 Å². The number of para-hydroxylation sites is 1. The number of hydrogen-bond acceptors (Lipinski definition) is 2. The van der Waals surface area contributed by atoms with Gasteiger partial charge in [-0.2, -0.15) is 0 Å². The predicted molar refractivity (Wildman–Crippen MR) is 54.0 cm³/mol. The van der Waals surface area contributed by atoms with Gasteiger partial charge in [-0.15, -0.1) is 0 Å². The molecule has 1 aromatic heterocycles.